The second-order valence-electron chi connectivity index (χ2n) is 6.28. The number of amides is 1. The van der Waals surface area contributed by atoms with Crippen molar-refractivity contribution in [3.63, 3.8) is 0 Å². The third-order valence-corrected chi connectivity index (χ3v) is 4.41. The van der Waals surface area contributed by atoms with Gasteiger partial charge in [-0.15, -0.1) is 0 Å². The lowest BCUT2D eigenvalue weighted by Gasteiger charge is -2.16. The van der Waals surface area contributed by atoms with Gasteiger partial charge in [0.25, 0.3) is 5.56 Å². The van der Waals surface area contributed by atoms with Crippen LogP contribution in [0.1, 0.15) is 24.2 Å². The van der Waals surface area contributed by atoms with E-state index in [1.165, 1.54) is 23.9 Å². The summed E-state index contributed by atoms with van der Waals surface area (Å²) in [4.78, 5) is 24.7. The van der Waals surface area contributed by atoms with Crippen LogP contribution in [0.2, 0.25) is 0 Å². The monoisotopic (exact) mass is 369 g/mol. The topological polar surface area (TPSA) is 73.2 Å². The van der Waals surface area contributed by atoms with Gasteiger partial charge in [-0.1, -0.05) is 24.3 Å². The zero-order valence-electron chi connectivity index (χ0n) is 15.3. The number of aromatic nitrogens is 2. The number of carbonyl (C=O) groups excluding carboxylic acids is 1. The molecule has 0 aliphatic heterocycles. The van der Waals surface area contributed by atoms with E-state index in [0.29, 0.717) is 22.0 Å². The van der Waals surface area contributed by atoms with Crippen LogP contribution < -0.4 is 15.6 Å². The molecule has 1 N–H and O–H groups in total. The summed E-state index contributed by atoms with van der Waals surface area (Å²) in [7, 11) is 2.95. The van der Waals surface area contributed by atoms with Crippen LogP contribution in [0.15, 0.2) is 47.3 Å². The zero-order chi connectivity index (χ0) is 19.6. The van der Waals surface area contributed by atoms with Crippen LogP contribution >= 0.6 is 0 Å². The Morgan fingerprint density at radius 3 is 2.63 bits per heavy atom. The molecule has 0 saturated heterocycles. The molecule has 1 atom stereocenters. The molecule has 7 heteroatoms. The van der Waals surface area contributed by atoms with Crippen molar-refractivity contribution in [3.05, 3.63) is 69.9 Å². The Morgan fingerprint density at radius 2 is 1.96 bits per heavy atom. The van der Waals surface area contributed by atoms with Gasteiger partial charge in [-0.05, 0) is 30.7 Å². The highest BCUT2D eigenvalue weighted by atomic mass is 19.1. The molecule has 140 valence electrons. The van der Waals surface area contributed by atoms with Gasteiger partial charge in [0.2, 0.25) is 5.91 Å². The number of fused-ring (bicyclic) bond motifs is 1. The number of nitrogens with one attached hydrogen (secondary N) is 1. The van der Waals surface area contributed by atoms with Crippen molar-refractivity contribution in [2.45, 2.75) is 19.4 Å². The first-order chi connectivity index (χ1) is 12.9. The lowest BCUT2D eigenvalue weighted by molar-refractivity contribution is -0.121. The molecule has 0 spiro atoms. The van der Waals surface area contributed by atoms with Crippen LogP contribution in [0.3, 0.4) is 0 Å². The predicted molar refractivity (Wildman–Crippen MR) is 100 cm³/mol. The maximum absolute atomic E-state index is 13.9. The average molecular weight is 369 g/mol. The minimum absolute atomic E-state index is 0.0115. The Balaban J connectivity index is 1.80. The summed E-state index contributed by atoms with van der Waals surface area (Å²) in [5, 5.41) is 8.23. The quantitative estimate of drug-likeness (QED) is 0.750. The largest absolute Gasteiger partial charge is 0.494 e. The first kappa shape index (κ1) is 18.6. The molecule has 1 amide bonds. The highest BCUT2D eigenvalue weighted by molar-refractivity contribution is 5.88. The molecule has 0 aliphatic rings. The van der Waals surface area contributed by atoms with Crippen LogP contribution in [0.25, 0.3) is 10.8 Å². The second-order valence-corrected chi connectivity index (χ2v) is 6.28. The van der Waals surface area contributed by atoms with Crippen molar-refractivity contribution in [2.24, 2.45) is 7.05 Å². The summed E-state index contributed by atoms with van der Waals surface area (Å²) in [6.45, 7) is 1.77. The summed E-state index contributed by atoms with van der Waals surface area (Å²) >= 11 is 0. The van der Waals surface area contributed by atoms with Gasteiger partial charge in [0.05, 0.1) is 30.7 Å². The van der Waals surface area contributed by atoms with E-state index >= 15 is 0 Å². The number of hydrogen-bond donors (Lipinski definition) is 1. The summed E-state index contributed by atoms with van der Waals surface area (Å²) in [5.74, 6) is -0.602. The lowest BCUT2D eigenvalue weighted by atomic mass is 10.1. The molecule has 1 aromatic heterocycles. The fraction of sp³-hybridized carbons (Fsp3) is 0.250. The SMILES string of the molecule is COc1ccc([C@H](C)NC(=O)Cc2nn(C)c(=O)c3ccccc23)cc1F. The number of aryl methyl sites for hydroxylation is 1. The zero-order valence-corrected chi connectivity index (χ0v) is 15.3. The van der Waals surface area contributed by atoms with E-state index in [9.17, 15) is 14.0 Å². The van der Waals surface area contributed by atoms with Crippen molar-refractivity contribution in [3.8, 4) is 5.75 Å². The molecule has 0 fully saturated rings. The van der Waals surface area contributed by atoms with Crippen molar-refractivity contribution >= 4 is 16.7 Å². The first-order valence-corrected chi connectivity index (χ1v) is 8.48. The highest BCUT2D eigenvalue weighted by Crippen LogP contribution is 2.22. The minimum atomic E-state index is -0.484. The molecular weight excluding hydrogens is 349 g/mol. The molecule has 0 aliphatic carbocycles. The van der Waals surface area contributed by atoms with E-state index in [2.05, 4.69) is 10.4 Å². The molecule has 1 heterocycles. The van der Waals surface area contributed by atoms with E-state index in [1.54, 1.807) is 44.3 Å². The van der Waals surface area contributed by atoms with Gasteiger partial charge in [0, 0.05) is 12.4 Å². The summed E-state index contributed by atoms with van der Waals surface area (Å²) < 4.78 is 20.0. The molecule has 0 bridgehead atoms. The van der Waals surface area contributed by atoms with Gasteiger partial charge < -0.3 is 10.1 Å². The number of rotatable bonds is 5. The number of methoxy groups -OCH3 is 1. The van der Waals surface area contributed by atoms with Crippen LogP contribution in [0, 0.1) is 5.82 Å². The first-order valence-electron chi connectivity index (χ1n) is 8.48. The Labute approximate surface area is 155 Å². The minimum Gasteiger partial charge on any atom is -0.494 e. The van der Waals surface area contributed by atoms with Gasteiger partial charge in [0.1, 0.15) is 0 Å². The number of carbonyl (C=O) groups is 1. The maximum atomic E-state index is 13.9. The van der Waals surface area contributed by atoms with Crippen molar-refractivity contribution in [2.75, 3.05) is 7.11 Å². The summed E-state index contributed by atoms with van der Waals surface area (Å²) in [5.41, 5.74) is 0.926. The molecule has 0 radical (unpaired) electrons. The molecule has 3 rings (SSSR count). The Hall–Kier alpha value is -3.22. The van der Waals surface area contributed by atoms with E-state index in [-0.39, 0.29) is 23.6 Å². The number of hydrogen-bond acceptors (Lipinski definition) is 4. The Kier molecular flexibility index (Phi) is 5.21. The van der Waals surface area contributed by atoms with Crippen molar-refractivity contribution < 1.29 is 13.9 Å². The fourth-order valence-electron chi connectivity index (χ4n) is 2.99. The third-order valence-electron chi connectivity index (χ3n) is 4.41. The van der Waals surface area contributed by atoms with Gasteiger partial charge >= 0.3 is 0 Å². The predicted octanol–water partition coefficient (Wildman–Crippen LogP) is 2.50. The van der Waals surface area contributed by atoms with E-state index in [4.69, 9.17) is 4.74 Å². The number of ether oxygens (including phenoxy) is 1. The molecule has 6 nitrogen and oxygen atoms in total. The van der Waals surface area contributed by atoms with E-state index in [1.807, 2.05) is 0 Å². The van der Waals surface area contributed by atoms with Crippen molar-refractivity contribution in [1.29, 1.82) is 0 Å². The van der Waals surface area contributed by atoms with Crippen LogP contribution in [0.5, 0.6) is 5.75 Å². The smallest absolute Gasteiger partial charge is 0.274 e. The average Bonchev–Trinajstić information content (AvgIpc) is 2.65. The van der Waals surface area contributed by atoms with Gasteiger partial charge in [0.15, 0.2) is 11.6 Å². The molecule has 0 unspecified atom stereocenters. The molecule has 3 aromatic rings. The van der Waals surface area contributed by atoms with Gasteiger partial charge in [-0.25, -0.2) is 9.07 Å². The lowest BCUT2D eigenvalue weighted by Crippen LogP contribution is -2.30. The molecular formula is C20H20FN3O3. The standard InChI is InChI=1S/C20H20FN3O3/c1-12(13-8-9-18(27-3)16(21)10-13)22-19(25)11-17-14-6-4-5-7-15(14)20(26)24(2)23-17/h4-10,12H,11H2,1-3H3,(H,22,25)/t12-/m0/s1. The molecule has 27 heavy (non-hydrogen) atoms. The number of nitrogens with zero attached hydrogens (tertiary/aromatic N) is 2. The maximum Gasteiger partial charge on any atom is 0.274 e. The van der Waals surface area contributed by atoms with Crippen LogP contribution in [-0.2, 0) is 18.3 Å². The molecule has 0 saturated carbocycles. The van der Waals surface area contributed by atoms with E-state index < -0.39 is 11.9 Å². The molecule has 2 aromatic carbocycles. The van der Waals surface area contributed by atoms with Crippen LogP contribution in [-0.4, -0.2) is 22.8 Å². The summed E-state index contributed by atoms with van der Waals surface area (Å²) in [6, 6.07) is 11.2. The Morgan fingerprint density at radius 1 is 1.26 bits per heavy atom. The van der Waals surface area contributed by atoms with Crippen molar-refractivity contribution in [1.82, 2.24) is 15.1 Å². The van der Waals surface area contributed by atoms with Gasteiger partial charge in [-0.3, -0.25) is 9.59 Å². The summed E-state index contributed by atoms with van der Waals surface area (Å²) in [6.07, 6.45) is 0.0115. The number of halogens is 1. The van der Waals surface area contributed by atoms with E-state index in [0.717, 1.165) is 0 Å². The third kappa shape index (κ3) is 3.81. The Bertz CT molecular complexity index is 1060. The van der Waals surface area contributed by atoms with Crippen LogP contribution in [0.4, 0.5) is 4.39 Å². The number of benzene rings is 2. The fourth-order valence-corrected chi connectivity index (χ4v) is 2.99. The second kappa shape index (κ2) is 7.57. The van der Waals surface area contributed by atoms with Gasteiger partial charge in [-0.2, -0.15) is 5.10 Å². The highest BCUT2D eigenvalue weighted by Gasteiger charge is 2.16. The normalized spacial score (nSPS) is 12.0.